The number of aromatic nitrogens is 3. The minimum absolute atomic E-state index is 0.0675. The van der Waals surface area contributed by atoms with Gasteiger partial charge in [0, 0.05) is 30.3 Å². The van der Waals surface area contributed by atoms with Crippen molar-refractivity contribution in [3.8, 4) is 0 Å². The molecule has 168 valence electrons. The second-order valence-corrected chi connectivity index (χ2v) is 9.15. The molecule has 1 saturated carbocycles. The van der Waals surface area contributed by atoms with Crippen LogP contribution in [0.1, 0.15) is 40.9 Å². The molecule has 0 aliphatic heterocycles. The van der Waals surface area contributed by atoms with E-state index in [1.54, 1.807) is 29.2 Å². The summed E-state index contributed by atoms with van der Waals surface area (Å²) in [5.74, 6) is -0.125. The topological polar surface area (TPSA) is 129 Å². The van der Waals surface area contributed by atoms with Crippen molar-refractivity contribution in [1.82, 2.24) is 14.8 Å². The fourth-order valence-electron chi connectivity index (χ4n) is 3.95. The predicted molar refractivity (Wildman–Crippen MR) is 119 cm³/mol. The van der Waals surface area contributed by atoms with Gasteiger partial charge in [-0.25, -0.2) is 5.14 Å². The van der Waals surface area contributed by atoms with Crippen molar-refractivity contribution in [1.29, 1.82) is 0 Å². The maximum absolute atomic E-state index is 13.1. The third-order valence-corrected chi connectivity index (χ3v) is 5.96. The number of ketones is 1. The van der Waals surface area contributed by atoms with E-state index in [0.29, 0.717) is 23.5 Å². The van der Waals surface area contributed by atoms with E-state index in [0.717, 1.165) is 24.8 Å². The van der Waals surface area contributed by atoms with Crippen molar-refractivity contribution in [2.75, 3.05) is 11.9 Å². The number of carbonyl (C=O) groups excluding carboxylic acids is 1. The molecule has 2 aromatic heterocycles. The lowest BCUT2D eigenvalue weighted by Crippen LogP contribution is -2.21. The first kappa shape index (κ1) is 22.1. The van der Waals surface area contributed by atoms with E-state index in [9.17, 15) is 13.2 Å². The van der Waals surface area contributed by atoms with Crippen LogP contribution in [0.25, 0.3) is 0 Å². The van der Waals surface area contributed by atoms with Crippen molar-refractivity contribution in [2.45, 2.75) is 31.8 Å². The monoisotopic (exact) mass is 455 g/mol. The van der Waals surface area contributed by atoms with Gasteiger partial charge in [0.2, 0.25) is 5.78 Å². The second-order valence-electron chi connectivity index (χ2n) is 7.93. The minimum Gasteiger partial charge on any atom is -0.382 e. The van der Waals surface area contributed by atoms with Crippen molar-refractivity contribution >= 4 is 21.8 Å². The first-order chi connectivity index (χ1) is 15.4. The molecule has 3 aromatic rings. The molecule has 1 aliphatic rings. The van der Waals surface area contributed by atoms with Crippen LogP contribution in [0.2, 0.25) is 0 Å². The van der Waals surface area contributed by atoms with Gasteiger partial charge in [0.05, 0.1) is 18.7 Å². The number of anilines is 1. The molecule has 10 heteroatoms. The zero-order valence-corrected chi connectivity index (χ0v) is 18.2. The van der Waals surface area contributed by atoms with E-state index >= 15 is 0 Å². The lowest BCUT2D eigenvalue weighted by molar-refractivity contribution is 0.103. The van der Waals surface area contributed by atoms with Crippen LogP contribution in [0, 0.1) is 5.92 Å². The number of pyridine rings is 1. The Morgan fingerprint density at radius 2 is 2.00 bits per heavy atom. The highest BCUT2D eigenvalue weighted by molar-refractivity contribution is 7.84. The molecule has 0 spiro atoms. The predicted octanol–water partition coefficient (Wildman–Crippen LogP) is 2.36. The summed E-state index contributed by atoms with van der Waals surface area (Å²) in [6.45, 7) is 0.647. The highest BCUT2D eigenvalue weighted by Crippen LogP contribution is 2.30. The Labute approximate surface area is 186 Å². The van der Waals surface area contributed by atoms with Crippen LogP contribution in [-0.4, -0.2) is 41.6 Å². The SMILES string of the molecule is NS(=O)(=O)OC[C@@H]1CC[C@H](Nc2ccncc2C(=O)c2ccn(Cc3ccccc3)n2)C1. The maximum atomic E-state index is 13.1. The van der Waals surface area contributed by atoms with Gasteiger partial charge < -0.3 is 5.32 Å². The minimum atomic E-state index is -3.94. The van der Waals surface area contributed by atoms with Crippen LogP contribution in [-0.2, 0) is 21.0 Å². The van der Waals surface area contributed by atoms with E-state index < -0.39 is 10.3 Å². The molecule has 32 heavy (non-hydrogen) atoms. The van der Waals surface area contributed by atoms with Crippen molar-refractivity contribution in [2.24, 2.45) is 11.1 Å². The van der Waals surface area contributed by atoms with E-state index in [2.05, 4.69) is 15.4 Å². The molecular weight excluding hydrogens is 430 g/mol. The summed E-state index contributed by atoms with van der Waals surface area (Å²) in [5.41, 5.74) is 2.57. The fourth-order valence-corrected chi connectivity index (χ4v) is 4.33. The van der Waals surface area contributed by atoms with Crippen LogP contribution < -0.4 is 10.5 Å². The maximum Gasteiger partial charge on any atom is 0.333 e. The Kier molecular flexibility index (Phi) is 6.63. The molecule has 9 nitrogen and oxygen atoms in total. The molecule has 1 aliphatic carbocycles. The number of nitrogens with one attached hydrogen (secondary N) is 1. The standard InChI is InChI=1S/C22H25N5O4S/c23-32(29,30)31-15-17-6-7-18(12-17)25-20-8-10-24-13-19(20)22(28)21-9-11-27(26-21)14-16-4-2-1-3-5-16/h1-5,8-11,13,17-18H,6-7,12,14-15H2,(H,24,25)(H2,23,29,30)/t17-,18+/m1/s1. The van der Waals surface area contributed by atoms with Crippen molar-refractivity contribution in [3.63, 3.8) is 0 Å². The van der Waals surface area contributed by atoms with Gasteiger partial charge in [-0.15, -0.1) is 0 Å². The average Bonchev–Trinajstić information content (AvgIpc) is 3.42. The van der Waals surface area contributed by atoms with Crippen LogP contribution in [0.5, 0.6) is 0 Å². The number of hydrogen-bond acceptors (Lipinski definition) is 7. The number of nitrogens with two attached hydrogens (primary N) is 1. The average molecular weight is 456 g/mol. The largest absolute Gasteiger partial charge is 0.382 e. The molecule has 0 unspecified atom stereocenters. The first-order valence-electron chi connectivity index (χ1n) is 10.4. The van der Waals surface area contributed by atoms with Crippen LogP contribution in [0.4, 0.5) is 5.69 Å². The third kappa shape index (κ3) is 5.78. The summed E-state index contributed by atoms with van der Waals surface area (Å²) in [6, 6.07) is 13.5. The molecule has 2 heterocycles. The molecule has 0 saturated heterocycles. The lowest BCUT2D eigenvalue weighted by Gasteiger charge is -2.16. The molecule has 1 aromatic carbocycles. The highest BCUT2D eigenvalue weighted by Gasteiger charge is 2.27. The van der Waals surface area contributed by atoms with Gasteiger partial charge in [-0.3, -0.25) is 18.6 Å². The smallest absolute Gasteiger partial charge is 0.333 e. The summed E-state index contributed by atoms with van der Waals surface area (Å²) in [4.78, 5) is 17.2. The number of rotatable bonds is 9. The Hall–Kier alpha value is -3.08. The second kappa shape index (κ2) is 9.60. The van der Waals surface area contributed by atoms with Crippen molar-refractivity contribution < 1.29 is 17.4 Å². The highest BCUT2D eigenvalue weighted by atomic mass is 32.2. The number of hydrogen-bond donors (Lipinski definition) is 2. The van der Waals surface area contributed by atoms with Crippen molar-refractivity contribution in [3.05, 3.63) is 77.9 Å². The van der Waals surface area contributed by atoms with Gasteiger partial charge >= 0.3 is 10.3 Å². The van der Waals surface area contributed by atoms with Crippen LogP contribution >= 0.6 is 0 Å². The Balaban J connectivity index is 1.42. The third-order valence-electron chi connectivity index (χ3n) is 5.50. The normalized spacial score (nSPS) is 18.5. The fraction of sp³-hybridized carbons (Fsp3) is 0.318. The van der Waals surface area contributed by atoms with E-state index in [1.807, 2.05) is 30.3 Å². The van der Waals surface area contributed by atoms with E-state index in [-0.39, 0.29) is 24.3 Å². The Morgan fingerprint density at radius 3 is 2.78 bits per heavy atom. The lowest BCUT2D eigenvalue weighted by atomic mass is 10.1. The molecule has 4 rings (SSSR count). The number of benzene rings is 1. The van der Waals surface area contributed by atoms with Gasteiger partial charge in [0.1, 0.15) is 5.69 Å². The zero-order valence-electron chi connectivity index (χ0n) is 17.4. The first-order valence-corrected chi connectivity index (χ1v) is 11.8. The molecule has 1 fully saturated rings. The van der Waals surface area contributed by atoms with E-state index in [4.69, 9.17) is 9.32 Å². The summed E-state index contributed by atoms with van der Waals surface area (Å²) in [7, 11) is -3.94. The summed E-state index contributed by atoms with van der Waals surface area (Å²) in [5, 5.41) is 12.8. The molecule has 0 radical (unpaired) electrons. The molecule has 0 bridgehead atoms. The van der Waals surface area contributed by atoms with Gasteiger partial charge in [-0.2, -0.15) is 13.5 Å². The zero-order chi connectivity index (χ0) is 22.6. The summed E-state index contributed by atoms with van der Waals surface area (Å²) >= 11 is 0. The summed E-state index contributed by atoms with van der Waals surface area (Å²) < 4.78 is 28.5. The quantitative estimate of drug-likeness (QED) is 0.474. The van der Waals surface area contributed by atoms with Crippen LogP contribution in [0.15, 0.2) is 61.1 Å². The van der Waals surface area contributed by atoms with Crippen LogP contribution in [0.3, 0.4) is 0 Å². The molecular formula is C22H25N5O4S. The van der Waals surface area contributed by atoms with Gasteiger partial charge in [-0.1, -0.05) is 30.3 Å². The summed E-state index contributed by atoms with van der Waals surface area (Å²) in [6.07, 6.45) is 7.32. The van der Waals surface area contributed by atoms with Gasteiger partial charge in [0.25, 0.3) is 0 Å². The van der Waals surface area contributed by atoms with E-state index in [1.165, 1.54) is 6.20 Å². The van der Waals surface area contributed by atoms with Gasteiger partial charge in [0.15, 0.2) is 0 Å². The number of carbonyl (C=O) groups is 1. The molecule has 0 amide bonds. The molecule has 2 atom stereocenters. The van der Waals surface area contributed by atoms with Gasteiger partial charge in [-0.05, 0) is 42.9 Å². The Morgan fingerprint density at radius 1 is 1.19 bits per heavy atom. The Bertz CT molecular complexity index is 1180. The number of nitrogens with zero attached hydrogens (tertiary/aromatic N) is 3. The molecule has 3 N–H and O–H groups in total.